The fraction of sp³-hybridized carbons (Fsp3) is 0.286. The van der Waals surface area contributed by atoms with Gasteiger partial charge < -0.3 is 5.32 Å². The fourth-order valence-corrected chi connectivity index (χ4v) is 1.42. The second-order valence-corrected chi connectivity index (χ2v) is 3.73. The Morgan fingerprint density at radius 2 is 2.12 bits per heavy atom. The number of alkyl halides is 3. The Labute approximate surface area is 97.9 Å². The third kappa shape index (κ3) is 3.01. The van der Waals surface area contributed by atoms with Gasteiger partial charge in [0.05, 0.1) is 0 Å². The van der Waals surface area contributed by atoms with Gasteiger partial charge in [-0.25, -0.2) is 9.97 Å². The fourth-order valence-electron chi connectivity index (χ4n) is 0.843. The molecular formula is C7H6F3N3OS2. The maximum atomic E-state index is 12.4. The van der Waals surface area contributed by atoms with E-state index >= 15 is 0 Å². The molecule has 0 saturated heterocycles. The summed E-state index contributed by atoms with van der Waals surface area (Å²) >= 11 is 3.73. The van der Waals surface area contributed by atoms with Crippen LogP contribution in [0.1, 0.15) is 16.3 Å². The number of hydrogen-bond donors (Lipinski definition) is 2. The summed E-state index contributed by atoms with van der Waals surface area (Å²) in [5.41, 5.74) is -0.346. The summed E-state index contributed by atoms with van der Waals surface area (Å²) in [6, 6.07) is 1.13. The zero-order valence-electron chi connectivity index (χ0n) is 7.87. The van der Waals surface area contributed by atoms with Gasteiger partial charge >= 0.3 is 6.18 Å². The zero-order chi connectivity index (χ0) is 12.3. The molecule has 4 nitrogen and oxygen atoms in total. The SMILES string of the molecule is CNC(=O)c1cc(SS)nc(C(F)(F)F)n1. The number of nitrogens with zero attached hydrogens (tertiary/aromatic N) is 2. The van der Waals surface area contributed by atoms with Crippen LogP contribution >= 0.6 is 22.5 Å². The van der Waals surface area contributed by atoms with E-state index in [9.17, 15) is 18.0 Å². The van der Waals surface area contributed by atoms with Gasteiger partial charge in [0.25, 0.3) is 5.91 Å². The largest absolute Gasteiger partial charge is 0.451 e. The van der Waals surface area contributed by atoms with Crippen molar-refractivity contribution >= 4 is 28.4 Å². The number of rotatable bonds is 2. The van der Waals surface area contributed by atoms with Gasteiger partial charge in [0.1, 0.15) is 10.7 Å². The molecule has 0 bridgehead atoms. The van der Waals surface area contributed by atoms with Crippen molar-refractivity contribution in [3.05, 3.63) is 17.6 Å². The Morgan fingerprint density at radius 1 is 1.50 bits per heavy atom. The molecule has 0 spiro atoms. The normalized spacial score (nSPS) is 11.3. The maximum Gasteiger partial charge on any atom is 0.451 e. The highest BCUT2D eigenvalue weighted by molar-refractivity contribution is 8.68. The summed E-state index contributed by atoms with van der Waals surface area (Å²) in [5, 5.41) is 2.14. The summed E-state index contributed by atoms with van der Waals surface area (Å²) < 4.78 is 37.1. The first kappa shape index (κ1) is 13.1. The maximum absolute atomic E-state index is 12.4. The van der Waals surface area contributed by atoms with Crippen LogP contribution in [0.2, 0.25) is 0 Å². The molecule has 0 radical (unpaired) electrons. The van der Waals surface area contributed by atoms with Gasteiger partial charge in [-0.15, -0.1) is 11.7 Å². The van der Waals surface area contributed by atoms with Crippen molar-refractivity contribution in [3.8, 4) is 0 Å². The highest BCUT2D eigenvalue weighted by Crippen LogP contribution is 2.29. The number of carbonyl (C=O) groups excluding carboxylic acids is 1. The quantitative estimate of drug-likeness (QED) is 0.488. The lowest BCUT2D eigenvalue weighted by Crippen LogP contribution is -2.22. The molecule has 1 amide bonds. The lowest BCUT2D eigenvalue weighted by atomic mass is 10.3. The van der Waals surface area contributed by atoms with Crippen LogP contribution in [0.3, 0.4) is 0 Å². The lowest BCUT2D eigenvalue weighted by Gasteiger charge is -2.07. The third-order valence-electron chi connectivity index (χ3n) is 1.51. The van der Waals surface area contributed by atoms with E-state index in [0.29, 0.717) is 10.8 Å². The van der Waals surface area contributed by atoms with Gasteiger partial charge in [-0.3, -0.25) is 4.79 Å². The number of aromatic nitrogens is 2. The average molecular weight is 269 g/mol. The standard InChI is InChI=1S/C7H6F3N3OS2/c1-11-5(14)3-2-4(16-15)13-6(12-3)7(8,9)10/h2,15H,1H3,(H,11,14). The minimum atomic E-state index is -4.69. The van der Waals surface area contributed by atoms with Gasteiger partial charge in [-0.05, 0) is 10.8 Å². The Hall–Kier alpha value is -0.960. The van der Waals surface area contributed by atoms with Crippen LogP contribution in [0.5, 0.6) is 0 Å². The molecule has 1 rings (SSSR count). The van der Waals surface area contributed by atoms with Crippen molar-refractivity contribution < 1.29 is 18.0 Å². The van der Waals surface area contributed by atoms with Gasteiger partial charge in [0, 0.05) is 13.1 Å². The van der Waals surface area contributed by atoms with Crippen LogP contribution in [0.25, 0.3) is 0 Å². The van der Waals surface area contributed by atoms with Crippen molar-refractivity contribution in [3.63, 3.8) is 0 Å². The molecule has 1 aromatic heterocycles. The highest BCUT2D eigenvalue weighted by atomic mass is 33.1. The van der Waals surface area contributed by atoms with Crippen molar-refractivity contribution in [1.82, 2.24) is 15.3 Å². The molecule has 1 aromatic rings. The molecule has 0 aliphatic heterocycles. The van der Waals surface area contributed by atoms with E-state index < -0.39 is 17.9 Å². The molecule has 1 heterocycles. The number of nitrogens with one attached hydrogen (secondary N) is 1. The summed E-state index contributed by atoms with van der Waals surface area (Å²) in [4.78, 5) is 17.5. The molecule has 0 aliphatic rings. The predicted molar refractivity (Wildman–Crippen MR) is 55.3 cm³/mol. The molecule has 1 N–H and O–H groups in total. The molecule has 0 saturated carbocycles. The molecular weight excluding hydrogens is 263 g/mol. The van der Waals surface area contributed by atoms with Gasteiger partial charge in [0.15, 0.2) is 0 Å². The van der Waals surface area contributed by atoms with Gasteiger partial charge in [-0.1, -0.05) is 0 Å². The monoisotopic (exact) mass is 269 g/mol. The number of carbonyl (C=O) groups is 1. The van der Waals surface area contributed by atoms with Gasteiger partial charge in [-0.2, -0.15) is 13.2 Å². The van der Waals surface area contributed by atoms with Crippen LogP contribution in [0, 0.1) is 0 Å². The zero-order valence-corrected chi connectivity index (χ0v) is 9.58. The highest BCUT2D eigenvalue weighted by Gasteiger charge is 2.35. The van der Waals surface area contributed by atoms with E-state index in [2.05, 4.69) is 26.9 Å². The summed E-state index contributed by atoms with van der Waals surface area (Å²) in [7, 11) is 2.00. The number of amides is 1. The average Bonchev–Trinajstić information content (AvgIpc) is 2.26. The minimum Gasteiger partial charge on any atom is -0.354 e. The van der Waals surface area contributed by atoms with Crippen LogP contribution < -0.4 is 5.32 Å². The van der Waals surface area contributed by atoms with Crippen molar-refractivity contribution in [2.75, 3.05) is 7.05 Å². The molecule has 88 valence electrons. The Kier molecular flexibility index (Phi) is 4.03. The van der Waals surface area contributed by atoms with Crippen molar-refractivity contribution in [2.45, 2.75) is 11.2 Å². The van der Waals surface area contributed by atoms with Crippen molar-refractivity contribution in [2.24, 2.45) is 0 Å². The number of thiol groups is 1. The smallest absolute Gasteiger partial charge is 0.354 e. The second-order valence-electron chi connectivity index (χ2n) is 2.58. The first-order valence-corrected chi connectivity index (χ1v) is 5.75. The Morgan fingerprint density at radius 3 is 2.56 bits per heavy atom. The van der Waals surface area contributed by atoms with Crippen molar-refractivity contribution in [1.29, 1.82) is 0 Å². The first-order chi connectivity index (χ1) is 7.38. The molecule has 16 heavy (non-hydrogen) atoms. The predicted octanol–water partition coefficient (Wildman–Crippen LogP) is 1.79. The molecule has 0 unspecified atom stereocenters. The molecule has 0 atom stereocenters. The van der Waals surface area contributed by atoms with Gasteiger partial charge in [0.2, 0.25) is 5.82 Å². The van der Waals surface area contributed by atoms with E-state index in [1.807, 2.05) is 0 Å². The Balaban J connectivity index is 3.27. The molecule has 0 aliphatic carbocycles. The van der Waals surface area contributed by atoms with Crippen LogP contribution in [-0.2, 0) is 6.18 Å². The number of hydrogen-bond acceptors (Lipinski definition) is 5. The minimum absolute atomic E-state index is 0.0377. The van der Waals surface area contributed by atoms with Crippen LogP contribution in [-0.4, -0.2) is 22.9 Å². The van der Waals surface area contributed by atoms with E-state index in [1.165, 1.54) is 7.05 Å². The van der Waals surface area contributed by atoms with E-state index in [1.54, 1.807) is 0 Å². The summed E-state index contributed by atoms with van der Waals surface area (Å²) in [6.07, 6.45) is -4.69. The second kappa shape index (κ2) is 4.91. The molecule has 0 fully saturated rings. The van der Waals surface area contributed by atoms with Crippen LogP contribution in [0.4, 0.5) is 13.2 Å². The summed E-state index contributed by atoms with van der Waals surface area (Å²) in [6.45, 7) is 0. The first-order valence-electron chi connectivity index (χ1n) is 3.88. The van der Waals surface area contributed by atoms with E-state index in [-0.39, 0.29) is 10.7 Å². The van der Waals surface area contributed by atoms with E-state index in [0.717, 1.165) is 6.07 Å². The molecule has 9 heteroatoms. The summed E-state index contributed by atoms with van der Waals surface area (Å²) in [5.74, 6) is -2.07. The molecule has 0 aromatic carbocycles. The topological polar surface area (TPSA) is 54.9 Å². The van der Waals surface area contributed by atoms with Crippen LogP contribution in [0.15, 0.2) is 11.1 Å². The Bertz CT molecular complexity index is 410. The third-order valence-corrected chi connectivity index (χ3v) is 2.47. The lowest BCUT2D eigenvalue weighted by molar-refractivity contribution is -0.145. The number of halogens is 3. The van der Waals surface area contributed by atoms with E-state index in [4.69, 9.17) is 0 Å².